The Hall–Kier alpha value is 0.0600. The van der Waals surface area contributed by atoms with Crippen LogP contribution in [0, 0.1) is 11.8 Å². The first-order valence-electron chi connectivity index (χ1n) is 8.24. The van der Waals surface area contributed by atoms with Crippen LogP contribution < -0.4 is 0 Å². The van der Waals surface area contributed by atoms with Gasteiger partial charge < -0.3 is 0 Å². The van der Waals surface area contributed by atoms with Gasteiger partial charge in [-0.05, 0) is 29.7 Å². The lowest BCUT2D eigenvalue weighted by Gasteiger charge is -2.11. The molecule has 0 amide bonds. The molecule has 0 radical (unpaired) electrons. The molecule has 1 aliphatic rings. The Labute approximate surface area is 120 Å². The van der Waals surface area contributed by atoms with E-state index in [1.807, 2.05) is 0 Å². The van der Waals surface area contributed by atoms with Crippen LogP contribution in [0.2, 0.25) is 0 Å². The predicted molar refractivity (Wildman–Crippen MR) is 82.9 cm³/mol. The number of unbranched alkanes of at least 4 members (excludes halogenated alkanes) is 1. The SMILES string of the molecule is CCCCC(CC)CO[P+](=O)C1(CC)CC1CCC. The molecule has 19 heavy (non-hydrogen) atoms. The van der Waals surface area contributed by atoms with Crippen LogP contribution >= 0.6 is 8.03 Å². The second-order valence-corrected chi connectivity index (χ2v) is 7.78. The third-order valence-corrected chi connectivity index (χ3v) is 6.76. The molecule has 1 aliphatic carbocycles. The van der Waals surface area contributed by atoms with E-state index in [4.69, 9.17) is 4.52 Å². The van der Waals surface area contributed by atoms with E-state index in [1.54, 1.807) is 0 Å². The largest absolute Gasteiger partial charge is 0.514 e. The summed E-state index contributed by atoms with van der Waals surface area (Å²) in [5, 5.41) is 0.0361. The molecule has 0 saturated heterocycles. The van der Waals surface area contributed by atoms with Gasteiger partial charge in [0.15, 0.2) is 0 Å². The summed E-state index contributed by atoms with van der Waals surface area (Å²) >= 11 is 0. The Morgan fingerprint density at radius 1 is 1.26 bits per heavy atom. The highest BCUT2D eigenvalue weighted by Gasteiger charge is 2.68. The zero-order valence-corrected chi connectivity index (χ0v) is 14.2. The highest BCUT2D eigenvalue weighted by Crippen LogP contribution is 2.65. The van der Waals surface area contributed by atoms with Gasteiger partial charge in [-0.3, -0.25) is 0 Å². The van der Waals surface area contributed by atoms with Crippen LogP contribution in [0.15, 0.2) is 0 Å². The summed E-state index contributed by atoms with van der Waals surface area (Å²) in [6, 6.07) is 0. The van der Waals surface area contributed by atoms with Crippen molar-refractivity contribution in [3.63, 3.8) is 0 Å². The fourth-order valence-electron chi connectivity index (χ4n) is 3.07. The van der Waals surface area contributed by atoms with Crippen molar-refractivity contribution in [2.45, 2.75) is 84.2 Å². The molecular weight excluding hydrogens is 255 g/mol. The third-order valence-electron chi connectivity index (χ3n) is 4.78. The first-order chi connectivity index (χ1) is 9.14. The van der Waals surface area contributed by atoms with E-state index in [9.17, 15) is 4.57 Å². The van der Waals surface area contributed by atoms with Gasteiger partial charge in [-0.25, -0.2) is 0 Å². The van der Waals surface area contributed by atoms with E-state index >= 15 is 0 Å². The fourth-order valence-corrected chi connectivity index (χ4v) is 4.73. The van der Waals surface area contributed by atoms with E-state index < -0.39 is 8.03 Å². The van der Waals surface area contributed by atoms with E-state index in [1.165, 1.54) is 32.1 Å². The van der Waals surface area contributed by atoms with Crippen molar-refractivity contribution in [3.05, 3.63) is 0 Å². The fraction of sp³-hybridized carbons (Fsp3) is 1.00. The summed E-state index contributed by atoms with van der Waals surface area (Å²) < 4.78 is 18.3. The van der Waals surface area contributed by atoms with Crippen molar-refractivity contribution < 1.29 is 9.09 Å². The minimum Gasteiger partial charge on any atom is -0.146 e. The topological polar surface area (TPSA) is 26.3 Å². The molecule has 3 heteroatoms. The molecule has 0 aliphatic heterocycles. The molecule has 0 bridgehead atoms. The second-order valence-electron chi connectivity index (χ2n) is 6.12. The van der Waals surface area contributed by atoms with Gasteiger partial charge in [-0.1, -0.05) is 53.4 Å². The summed E-state index contributed by atoms with van der Waals surface area (Å²) in [6.45, 7) is 9.51. The molecule has 2 nitrogen and oxygen atoms in total. The molecule has 0 N–H and O–H groups in total. The van der Waals surface area contributed by atoms with Crippen molar-refractivity contribution in [3.8, 4) is 0 Å². The van der Waals surface area contributed by atoms with Crippen molar-refractivity contribution in [1.29, 1.82) is 0 Å². The van der Waals surface area contributed by atoms with Crippen molar-refractivity contribution in [2.24, 2.45) is 11.8 Å². The Morgan fingerprint density at radius 2 is 2.00 bits per heavy atom. The van der Waals surface area contributed by atoms with E-state index in [0.717, 1.165) is 19.3 Å². The van der Waals surface area contributed by atoms with Crippen LogP contribution in [0.5, 0.6) is 0 Å². The predicted octanol–water partition coefficient (Wildman–Crippen LogP) is 5.93. The average Bonchev–Trinajstić information content (AvgIpc) is 3.14. The van der Waals surface area contributed by atoms with Crippen LogP contribution in [0.3, 0.4) is 0 Å². The van der Waals surface area contributed by atoms with Crippen LogP contribution in [0.25, 0.3) is 0 Å². The van der Waals surface area contributed by atoms with Gasteiger partial charge in [0.05, 0.1) is 0 Å². The molecule has 0 heterocycles. The number of hydrogen-bond acceptors (Lipinski definition) is 2. The molecule has 0 aromatic heterocycles. The zero-order chi connectivity index (χ0) is 14.3. The molecule has 112 valence electrons. The Bertz CT molecular complexity index is 280. The normalized spacial score (nSPS) is 28.2. The van der Waals surface area contributed by atoms with Crippen molar-refractivity contribution in [1.82, 2.24) is 0 Å². The quantitative estimate of drug-likeness (QED) is 0.440. The lowest BCUT2D eigenvalue weighted by Crippen LogP contribution is -2.11. The van der Waals surface area contributed by atoms with Gasteiger partial charge in [0.25, 0.3) is 0 Å². The van der Waals surface area contributed by atoms with Crippen LogP contribution in [0.1, 0.15) is 79.1 Å². The summed E-state index contributed by atoms with van der Waals surface area (Å²) in [5.74, 6) is 1.25. The van der Waals surface area contributed by atoms with E-state index in [-0.39, 0.29) is 5.16 Å². The third kappa shape index (κ3) is 4.53. The summed E-state index contributed by atoms with van der Waals surface area (Å²) in [4.78, 5) is 0. The molecule has 0 spiro atoms. The van der Waals surface area contributed by atoms with Crippen LogP contribution in [0.4, 0.5) is 0 Å². The summed E-state index contributed by atoms with van der Waals surface area (Å²) in [6.07, 6.45) is 9.40. The smallest absolute Gasteiger partial charge is 0.146 e. The average molecular weight is 287 g/mol. The molecule has 1 fully saturated rings. The minimum absolute atomic E-state index is 0.0361. The molecule has 0 aromatic carbocycles. The second kappa shape index (κ2) is 8.37. The van der Waals surface area contributed by atoms with Crippen LogP contribution in [-0.2, 0) is 9.09 Å². The first-order valence-corrected chi connectivity index (χ1v) is 9.42. The number of rotatable bonds is 11. The van der Waals surface area contributed by atoms with Crippen molar-refractivity contribution >= 4 is 8.03 Å². The van der Waals surface area contributed by atoms with Gasteiger partial charge in [0.2, 0.25) is 5.16 Å². The Kier molecular flexibility index (Phi) is 7.54. The van der Waals surface area contributed by atoms with Gasteiger partial charge >= 0.3 is 8.03 Å². The molecule has 1 rings (SSSR count). The molecule has 4 unspecified atom stereocenters. The van der Waals surface area contributed by atoms with Gasteiger partial charge in [0.1, 0.15) is 6.61 Å². The van der Waals surface area contributed by atoms with Crippen molar-refractivity contribution in [2.75, 3.05) is 6.61 Å². The number of hydrogen-bond donors (Lipinski definition) is 0. The van der Waals surface area contributed by atoms with E-state index in [2.05, 4.69) is 27.7 Å². The Morgan fingerprint density at radius 3 is 2.53 bits per heavy atom. The maximum absolute atomic E-state index is 12.5. The highest BCUT2D eigenvalue weighted by molar-refractivity contribution is 7.41. The van der Waals surface area contributed by atoms with Gasteiger partial charge in [-0.2, -0.15) is 0 Å². The minimum atomic E-state index is -1.47. The molecule has 0 aromatic rings. The van der Waals surface area contributed by atoms with E-state index in [0.29, 0.717) is 18.4 Å². The maximum Gasteiger partial charge on any atom is 0.514 e. The van der Waals surface area contributed by atoms with Gasteiger partial charge in [-0.15, -0.1) is 4.52 Å². The standard InChI is InChI=1S/C16H32O2P/c1-5-9-11-14(7-3)13-18-19(17)16(8-4)12-15(16)10-6-2/h14-15H,5-13H2,1-4H3/q+1. The molecular formula is C16H32O2P+. The lowest BCUT2D eigenvalue weighted by molar-refractivity contribution is 0.238. The first kappa shape index (κ1) is 17.1. The monoisotopic (exact) mass is 287 g/mol. The Balaban J connectivity index is 2.37. The summed E-state index contributed by atoms with van der Waals surface area (Å²) in [7, 11) is -1.47. The van der Waals surface area contributed by atoms with Gasteiger partial charge in [0, 0.05) is 12.3 Å². The summed E-state index contributed by atoms with van der Waals surface area (Å²) in [5.41, 5.74) is 0. The zero-order valence-electron chi connectivity index (χ0n) is 13.3. The molecule has 1 saturated carbocycles. The maximum atomic E-state index is 12.5. The molecule has 4 atom stereocenters. The lowest BCUT2D eigenvalue weighted by atomic mass is 10.0. The van der Waals surface area contributed by atoms with Crippen LogP contribution in [-0.4, -0.2) is 11.8 Å². The highest BCUT2D eigenvalue weighted by atomic mass is 31.1.